The highest BCUT2D eigenvalue weighted by molar-refractivity contribution is 5.86. The number of aromatic nitrogens is 1. The molecule has 6 nitrogen and oxygen atoms in total. The van der Waals surface area contributed by atoms with Crippen molar-refractivity contribution in [1.29, 1.82) is 0 Å². The minimum absolute atomic E-state index is 0.409. The van der Waals surface area contributed by atoms with Gasteiger partial charge in [0.1, 0.15) is 11.5 Å². The number of hydrogen-bond acceptors (Lipinski definition) is 6. The van der Waals surface area contributed by atoms with Gasteiger partial charge in [0.15, 0.2) is 5.58 Å². The molecule has 0 spiro atoms. The summed E-state index contributed by atoms with van der Waals surface area (Å²) in [5, 5.41) is 0.746. The van der Waals surface area contributed by atoms with Crippen LogP contribution in [0.5, 0.6) is 11.5 Å². The van der Waals surface area contributed by atoms with Gasteiger partial charge in [-0.25, -0.2) is 4.79 Å². The van der Waals surface area contributed by atoms with E-state index in [0.29, 0.717) is 29.3 Å². The second kappa shape index (κ2) is 15.7. The van der Waals surface area contributed by atoms with Crippen molar-refractivity contribution in [1.82, 2.24) is 4.98 Å². The standard InChI is InChI=1S/C30H39NO5/c1-3-34-18-13-11-9-7-5-4-6-8-10-12-14-19-35-28-22-31-23-29-27(28)21-26(30(32)36-29)24-16-15-17-25(20-24)33-2/h3,15-17,20-23H,1,4-14,18-19H2,2H3. The van der Waals surface area contributed by atoms with E-state index in [4.69, 9.17) is 18.6 Å². The van der Waals surface area contributed by atoms with Gasteiger partial charge in [0.05, 0.1) is 49.9 Å². The summed E-state index contributed by atoms with van der Waals surface area (Å²) in [7, 11) is 1.60. The molecule has 1 aromatic carbocycles. The maximum Gasteiger partial charge on any atom is 0.344 e. The van der Waals surface area contributed by atoms with Gasteiger partial charge in [-0.1, -0.05) is 76.5 Å². The molecule has 0 aliphatic carbocycles. The quantitative estimate of drug-likeness (QED) is 0.134. The minimum atomic E-state index is -0.409. The highest BCUT2D eigenvalue weighted by Gasteiger charge is 2.12. The predicted octanol–water partition coefficient (Wildman–Crippen LogP) is 7.69. The van der Waals surface area contributed by atoms with E-state index in [2.05, 4.69) is 11.6 Å². The summed E-state index contributed by atoms with van der Waals surface area (Å²) in [6.07, 6.45) is 18.3. The largest absolute Gasteiger partial charge is 0.502 e. The molecule has 0 atom stereocenters. The Hall–Kier alpha value is -3.28. The average Bonchev–Trinajstić information content (AvgIpc) is 2.90. The molecule has 3 aromatic rings. The number of methoxy groups -OCH3 is 1. The van der Waals surface area contributed by atoms with Crippen LogP contribution < -0.4 is 15.1 Å². The molecule has 0 saturated carbocycles. The van der Waals surface area contributed by atoms with Crippen molar-refractivity contribution in [2.45, 2.75) is 70.6 Å². The molecule has 0 radical (unpaired) electrons. The fourth-order valence-electron chi connectivity index (χ4n) is 4.27. The first-order chi connectivity index (χ1) is 17.7. The first kappa shape index (κ1) is 27.3. The zero-order valence-electron chi connectivity index (χ0n) is 21.5. The first-order valence-corrected chi connectivity index (χ1v) is 13.1. The van der Waals surface area contributed by atoms with Crippen molar-refractivity contribution >= 4 is 11.0 Å². The van der Waals surface area contributed by atoms with Crippen LogP contribution in [0, 0.1) is 0 Å². The maximum atomic E-state index is 12.6. The van der Waals surface area contributed by atoms with Gasteiger partial charge >= 0.3 is 5.63 Å². The fraction of sp³-hybridized carbons (Fsp3) is 0.467. The number of fused-ring (bicyclic) bond motifs is 1. The van der Waals surface area contributed by atoms with Crippen LogP contribution in [0.15, 0.2) is 64.8 Å². The molecule has 36 heavy (non-hydrogen) atoms. The Morgan fingerprint density at radius 3 is 2.22 bits per heavy atom. The zero-order chi connectivity index (χ0) is 25.4. The van der Waals surface area contributed by atoms with Gasteiger partial charge in [-0.05, 0) is 36.6 Å². The summed E-state index contributed by atoms with van der Waals surface area (Å²) < 4.78 is 22.0. The molecule has 3 rings (SSSR count). The molecule has 0 bridgehead atoms. The Labute approximate surface area is 214 Å². The topological polar surface area (TPSA) is 70.8 Å². The summed E-state index contributed by atoms with van der Waals surface area (Å²) in [5.41, 5.74) is 1.23. The Morgan fingerprint density at radius 2 is 1.56 bits per heavy atom. The van der Waals surface area contributed by atoms with Gasteiger partial charge in [-0.15, -0.1) is 0 Å². The van der Waals surface area contributed by atoms with Crippen molar-refractivity contribution in [2.24, 2.45) is 0 Å². The van der Waals surface area contributed by atoms with Crippen LogP contribution in [-0.4, -0.2) is 25.3 Å². The summed E-state index contributed by atoms with van der Waals surface area (Å²) in [6.45, 7) is 4.97. The van der Waals surface area contributed by atoms with Crippen LogP contribution in [0.4, 0.5) is 0 Å². The van der Waals surface area contributed by atoms with Gasteiger partial charge in [0.25, 0.3) is 0 Å². The summed E-state index contributed by atoms with van der Waals surface area (Å²) >= 11 is 0. The molecule has 0 amide bonds. The summed E-state index contributed by atoms with van der Waals surface area (Å²) in [6, 6.07) is 9.20. The number of rotatable bonds is 18. The molecule has 0 unspecified atom stereocenters. The summed E-state index contributed by atoms with van der Waals surface area (Å²) in [5.74, 6) is 1.32. The second-order valence-corrected chi connectivity index (χ2v) is 9.00. The van der Waals surface area contributed by atoms with Crippen LogP contribution in [0.3, 0.4) is 0 Å². The normalized spacial score (nSPS) is 10.9. The van der Waals surface area contributed by atoms with Crippen molar-refractivity contribution in [3.63, 3.8) is 0 Å². The number of hydrogen-bond donors (Lipinski definition) is 0. The monoisotopic (exact) mass is 493 g/mol. The SMILES string of the molecule is C=COCCCCCCCCCCCCCOc1cncc2oc(=O)c(-c3cccc(OC)c3)cc12. The smallest absolute Gasteiger partial charge is 0.344 e. The number of benzene rings is 1. The van der Waals surface area contributed by atoms with E-state index >= 15 is 0 Å². The average molecular weight is 494 g/mol. The molecule has 194 valence electrons. The molecule has 0 N–H and O–H groups in total. The van der Waals surface area contributed by atoms with E-state index in [0.717, 1.165) is 36.8 Å². The molecule has 0 aliphatic heterocycles. The van der Waals surface area contributed by atoms with E-state index in [1.807, 2.05) is 30.3 Å². The fourth-order valence-corrected chi connectivity index (χ4v) is 4.27. The van der Waals surface area contributed by atoms with Gasteiger partial charge in [-0.2, -0.15) is 0 Å². The molecule has 0 fully saturated rings. The Bertz CT molecular complexity index is 1120. The van der Waals surface area contributed by atoms with E-state index in [-0.39, 0.29) is 0 Å². The Morgan fingerprint density at radius 1 is 0.889 bits per heavy atom. The predicted molar refractivity (Wildman–Crippen MR) is 145 cm³/mol. The Balaban J connectivity index is 1.38. The highest BCUT2D eigenvalue weighted by Crippen LogP contribution is 2.29. The molecular weight excluding hydrogens is 454 g/mol. The lowest BCUT2D eigenvalue weighted by molar-refractivity contribution is 0.241. The van der Waals surface area contributed by atoms with Crippen LogP contribution in [0.1, 0.15) is 70.6 Å². The van der Waals surface area contributed by atoms with Crippen LogP contribution in [0.25, 0.3) is 22.1 Å². The minimum Gasteiger partial charge on any atom is -0.502 e. The van der Waals surface area contributed by atoms with Crippen molar-refractivity contribution in [3.8, 4) is 22.6 Å². The van der Waals surface area contributed by atoms with Crippen LogP contribution in [0.2, 0.25) is 0 Å². The van der Waals surface area contributed by atoms with E-state index in [1.165, 1.54) is 57.6 Å². The lowest BCUT2D eigenvalue weighted by Gasteiger charge is -2.10. The van der Waals surface area contributed by atoms with E-state index in [1.54, 1.807) is 19.5 Å². The molecular formula is C30H39NO5. The van der Waals surface area contributed by atoms with Crippen molar-refractivity contribution in [3.05, 3.63) is 66.0 Å². The van der Waals surface area contributed by atoms with Gasteiger partial charge in [-0.3, -0.25) is 4.98 Å². The lowest BCUT2D eigenvalue weighted by Crippen LogP contribution is -2.04. The van der Waals surface area contributed by atoms with Crippen molar-refractivity contribution in [2.75, 3.05) is 20.3 Å². The Kier molecular flexibility index (Phi) is 11.9. The summed E-state index contributed by atoms with van der Waals surface area (Å²) in [4.78, 5) is 16.8. The number of pyridine rings is 1. The number of unbranched alkanes of at least 4 members (excludes halogenated alkanes) is 10. The van der Waals surface area contributed by atoms with Crippen LogP contribution >= 0.6 is 0 Å². The maximum absolute atomic E-state index is 12.6. The third-order valence-electron chi connectivity index (χ3n) is 6.29. The molecule has 0 aliphatic rings. The molecule has 2 heterocycles. The van der Waals surface area contributed by atoms with E-state index < -0.39 is 5.63 Å². The molecule has 6 heteroatoms. The van der Waals surface area contributed by atoms with Gasteiger partial charge in [0, 0.05) is 0 Å². The van der Waals surface area contributed by atoms with Crippen molar-refractivity contribution < 1.29 is 18.6 Å². The number of nitrogens with zero attached hydrogens (tertiary/aromatic N) is 1. The third kappa shape index (κ3) is 8.74. The number of ether oxygens (including phenoxy) is 3. The highest BCUT2D eigenvalue weighted by atomic mass is 16.5. The molecule has 0 saturated heterocycles. The molecule has 2 aromatic heterocycles. The second-order valence-electron chi connectivity index (χ2n) is 9.00. The van der Waals surface area contributed by atoms with E-state index in [9.17, 15) is 4.79 Å². The van der Waals surface area contributed by atoms with Crippen LogP contribution in [-0.2, 0) is 4.74 Å². The van der Waals surface area contributed by atoms with Gasteiger partial charge in [0.2, 0.25) is 0 Å². The first-order valence-electron chi connectivity index (χ1n) is 13.1. The third-order valence-corrected chi connectivity index (χ3v) is 6.29. The lowest BCUT2D eigenvalue weighted by atomic mass is 10.1. The zero-order valence-corrected chi connectivity index (χ0v) is 21.5. The van der Waals surface area contributed by atoms with Gasteiger partial charge < -0.3 is 18.6 Å².